The maximum atomic E-state index is 13.1. The van der Waals surface area contributed by atoms with Crippen LogP contribution in [-0.4, -0.2) is 21.0 Å². The Morgan fingerprint density at radius 2 is 1.58 bits per heavy atom. The van der Waals surface area contributed by atoms with Gasteiger partial charge in [-0.25, -0.2) is 0 Å². The molecule has 0 fully saturated rings. The number of hydrogen-bond donors (Lipinski definition) is 0. The number of rotatable bonds is 2. The summed E-state index contributed by atoms with van der Waals surface area (Å²) in [5, 5.41) is 3.53. The van der Waals surface area contributed by atoms with Gasteiger partial charge < -0.3 is 4.74 Å². The molecule has 0 amide bonds. The summed E-state index contributed by atoms with van der Waals surface area (Å²) < 4.78 is 5.42. The molecule has 0 aromatic heterocycles. The van der Waals surface area contributed by atoms with Crippen LogP contribution in [0.25, 0.3) is 21.9 Å². The van der Waals surface area contributed by atoms with Crippen molar-refractivity contribution < 1.29 is 9.53 Å². The van der Waals surface area contributed by atoms with Gasteiger partial charge in [-0.05, 0) is 33.7 Å². The molecule has 0 unspecified atom stereocenters. The number of ketones is 1. The first-order valence-corrected chi connectivity index (χ1v) is 11.7. The van der Waals surface area contributed by atoms with Crippen molar-refractivity contribution >= 4 is 29.8 Å². The third-order valence-electron chi connectivity index (χ3n) is 4.83. The molecule has 0 N–H and O–H groups in total. The van der Waals surface area contributed by atoms with Crippen LogP contribution in [0.5, 0.6) is 5.75 Å². The van der Waals surface area contributed by atoms with Gasteiger partial charge >= 0.3 is 0 Å². The van der Waals surface area contributed by atoms with Crippen LogP contribution in [0, 0.1) is 0 Å². The lowest BCUT2D eigenvalue weighted by molar-refractivity contribution is 0.104. The molecule has 3 aromatic carbocycles. The average molecular weight is 332 g/mol. The van der Waals surface area contributed by atoms with Crippen LogP contribution in [0.1, 0.15) is 15.9 Å². The van der Waals surface area contributed by atoms with E-state index < -0.39 is 8.07 Å². The van der Waals surface area contributed by atoms with Gasteiger partial charge in [0.1, 0.15) is 5.75 Å². The summed E-state index contributed by atoms with van der Waals surface area (Å²) in [5.41, 5.74) is 3.87. The Morgan fingerprint density at radius 3 is 2.25 bits per heavy atom. The summed E-state index contributed by atoms with van der Waals surface area (Å²) in [6.07, 6.45) is 0. The van der Waals surface area contributed by atoms with Gasteiger partial charge in [-0.1, -0.05) is 56.0 Å². The van der Waals surface area contributed by atoms with E-state index in [4.69, 9.17) is 4.74 Å². The van der Waals surface area contributed by atoms with E-state index in [2.05, 4.69) is 43.9 Å². The number of ether oxygens (including phenoxy) is 1. The van der Waals surface area contributed by atoms with Crippen LogP contribution in [0.4, 0.5) is 0 Å². The summed E-state index contributed by atoms with van der Waals surface area (Å²) in [5.74, 6) is 0.991. The fourth-order valence-electron chi connectivity index (χ4n) is 3.64. The van der Waals surface area contributed by atoms with Gasteiger partial charge in [0.25, 0.3) is 0 Å². The first kappa shape index (κ1) is 15.2. The average Bonchev–Trinajstić information content (AvgIpc) is 2.87. The molecule has 0 saturated heterocycles. The molecule has 0 saturated carbocycles. The second kappa shape index (κ2) is 5.05. The molecule has 0 heterocycles. The number of fused-ring (bicyclic) bond motifs is 5. The Morgan fingerprint density at radius 1 is 0.875 bits per heavy atom. The van der Waals surface area contributed by atoms with E-state index >= 15 is 0 Å². The van der Waals surface area contributed by atoms with Gasteiger partial charge in [0.05, 0.1) is 15.2 Å². The summed E-state index contributed by atoms with van der Waals surface area (Å²) in [7, 11) is 0.0151. The molecule has 24 heavy (non-hydrogen) atoms. The zero-order valence-electron chi connectivity index (χ0n) is 14.4. The summed E-state index contributed by atoms with van der Waals surface area (Å²) in [6, 6.07) is 16.3. The molecule has 1 aliphatic rings. The topological polar surface area (TPSA) is 26.3 Å². The summed E-state index contributed by atoms with van der Waals surface area (Å²) in [4.78, 5) is 13.1. The van der Waals surface area contributed by atoms with E-state index in [0.717, 1.165) is 33.4 Å². The Kier molecular flexibility index (Phi) is 3.19. The van der Waals surface area contributed by atoms with Crippen molar-refractivity contribution in [1.82, 2.24) is 0 Å². The van der Waals surface area contributed by atoms with Crippen molar-refractivity contribution in [1.29, 1.82) is 0 Å². The van der Waals surface area contributed by atoms with Crippen LogP contribution in [0.15, 0.2) is 48.5 Å². The predicted octanol–water partition coefficient (Wildman–Crippen LogP) is 4.61. The molecule has 4 rings (SSSR count). The molecule has 2 nitrogen and oxygen atoms in total. The quantitative estimate of drug-likeness (QED) is 0.501. The molecule has 0 spiro atoms. The minimum atomic E-state index is -1.66. The zero-order chi connectivity index (χ0) is 17.1. The first-order valence-electron chi connectivity index (χ1n) is 8.21. The van der Waals surface area contributed by atoms with E-state index in [1.54, 1.807) is 7.11 Å². The van der Waals surface area contributed by atoms with Gasteiger partial charge in [0.15, 0.2) is 5.78 Å². The van der Waals surface area contributed by atoms with E-state index in [9.17, 15) is 4.79 Å². The molecular formula is C21H20O2Si. The second-order valence-corrected chi connectivity index (χ2v) is 12.4. The van der Waals surface area contributed by atoms with Crippen molar-refractivity contribution in [3.63, 3.8) is 0 Å². The summed E-state index contributed by atoms with van der Waals surface area (Å²) in [6.45, 7) is 6.90. The standard InChI is InChI=1S/C21H20O2Si/c1-23-14-10-9-13-11-18(24(2,3)4)20-19(17(13)12-14)15-7-5-6-8-16(15)21(20)22/h5-12H,1-4H3. The lowest BCUT2D eigenvalue weighted by atomic mass is 9.97. The third-order valence-corrected chi connectivity index (χ3v) is 6.84. The minimum absolute atomic E-state index is 0.169. The minimum Gasteiger partial charge on any atom is -0.497 e. The Hall–Kier alpha value is -2.39. The molecule has 0 atom stereocenters. The van der Waals surface area contributed by atoms with Crippen LogP contribution in [-0.2, 0) is 0 Å². The smallest absolute Gasteiger partial charge is 0.194 e. The zero-order valence-corrected chi connectivity index (χ0v) is 15.4. The van der Waals surface area contributed by atoms with Crippen molar-refractivity contribution in [2.45, 2.75) is 19.6 Å². The number of methoxy groups -OCH3 is 1. The van der Waals surface area contributed by atoms with E-state index in [0.29, 0.717) is 0 Å². The van der Waals surface area contributed by atoms with Gasteiger partial charge in [-0.15, -0.1) is 0 Å². The van der Waals surface area contributed by atoms with E-state index in [-0.39, 0.29) is 5.78 Å². The van der Waals surface area contributed by atoms with Gasteiger partial charge in [0, 0.05) is 16.7 Å². The first-order chi connectivity index (χ1) is 11.4. The SMILES string of the molecule is COc1ccc2cc([Si](C)(C)C)c3c(c2c1)-c1ccccc1C3=O. The monoisotopic (exact) mass is 332 g/mol. The third kappa shape index (κ3) is 2.05. The molecular weight excluding hydrogens is 312 g/mol. The molecule has 3 aromatic rings. The molecule has 3 heteroatoms. The highest BCUT2D eigenvalue weighted by Gasteiger charge is 2.34. The lowest BCUT2D eigenvalue weighted by Gasteiger charge is -2.22. The molecule has 1 aliphatic carbocycles. The number of hydrogen-bond acceptors (Lipinski definition) is 2. The van der Waals surface area contributed by atoms with Crippen molar-refractivity contribution in [2.24, 2.45) is 0 Å². The highest BCUT2D eigenvalue weighted by Crippen LogP contribution is 2.42. The number of carbonyl (C=O) groups is 1. The molecule has 0 radical (unpaired) electrons. The van der Waals surface area contributed by atoms with Gasteiger partial charge in [-0.2, -0.15) is 0 Å². The highest BCUT2D eigenvalue weighted by atomic mass is 28.3. The summed E-state index contributed by atoms with van der Waals surface area (Å²) >= 11 is 0. The van der Waals surface area contributed by atoms with E-state index in [1.165, 1.54) is 10.6 Å². The maximum Gasteiger partial charge on any atom is 0.194 e. The Balaban J connectivity index is 2.20. The van der Waals surface area contributed by atoms with Crippen LogP contribution in [0.3, 0.4) is 0 Å². The maximum absolute atomic E-state index is 13.1. The Labute approximate surface area is 143 Å². The predicted molar refractivity (Wildman–Crippen MR) is 102 cm³/mol. The fraction of sp³-hybridized carbons (Fsp3) is 0.190. The fourth-order valence-corrected chi connectivity index (χ4v) is 5.22. The molecule has 120 valence electrons. The second-order valence-electron chi connectivity index (χ2n) is 7.39. The van der Waals surface area contributed by atoms with E-state index in [1.807, 2.05) is 24.3 Å². The number of benzene rings is 3. The van der Waals surface area contributed by atoms with Crippen molar-refractivity contribution in [3.8, 4) is 16.9 Å². The highest BCUT2D eigenvalue weighted by molar-refractivity contribution is 6.90. The normalized spacial score (nSPS) is 13.1. The molecule has 0 bridgehead atoms. The van der Waals surface area contributed by atoms with Crippen LogP contribution >= 0.6 is 0 Å². The van der Waals surface area contributed by atoms with Gasteiger partial charge in [-0.3, -0.25) is 4.79 Å². The Bertz CT molecular complexity index is 997. The molecule has 0 aliphatic heterocycles. The van der Waals surface area contributed by atoms with Crippen molar-refractivity contribution in [2.75, 3.05) is 7.11 Å². The lowest BCUT2D eigenvalue weighted by Crippen LogP contribution is -2.41. The largest absolute Gasteiger partial charge is 0.497 e. The van der Waals surface area contributed by atoms with Crippen LogP contribution < -0.4 is 9.92 Å². The van der Waals surface area contributed by atoms with Crippen molar-refractivity contribution in [3.05, 3.63) is 59.7 Å². The van der Waals surface area contributed by atoms with Crippen LogP contribution in [0.2, 0.25) is 19.6 Å². The number of carbonyl (C=O) groups excluding carboxylic acids is 1. The van der Waals surface area contributed by atoms with Gasteiger partial charge in [0.2, 0.25) is 0 Å².